The summed E-state index contributed by atoms with van der Waals surface area (Å²) in [5.74, 6) is -1.13. The molecule has 1 unspecified atom stereocenters. The molecule has 9 heteroatoms. The predicted molar refractivity (Wildman–Crippen MR) is 89.2 cm³/mol. The van der Waals surface area contributed by atoms with Gasteiger partial charge < -0.3 is 15.2 Å². The van der Waals surface area contributed by atoms with Gasteiger partial charge in [-0.25, -0.2) is 14.3 Å². The molecule has 2 aromatic rings. The number of nitrogens with one attached hydrogen (secondary N) is 1. The second-order valence-electron chi connectivity index (χ2n) is 6.79. The van der Waals surface area contributed by atoms with Gasteiger partial charge in [-0.05, 0) is 46.2 Å². The number of nitrogens with zero attached hydrogens (tertiary/aromatic N) is 4. The molecular weight excluding hydrogens is 326 g/mol. The number of carbonyl (C=O) groups excluding carboxylic acids is 1. The van der Waals surface area contributed by atoms with E-state index >= 15 is 0 Å². The molecule has 0 spiro atoms. The molecule has 1 atom stereocenters. The zero-order valence-electron chi connectivity index (χ0n) is 15.0. The fraction of sp³-hybridized carbons (Fsp3) is 0.500. The lowest BCUT2D eigenvalue weighted by atomic mass is 10.1. The summed E-state index contributed by atoms with van der Waals surface area (Å²) in [5.41, 5.74) is 1.84. The molecule has 0 aromatic carbocycles. The number of aliphatic carboxylic acids is 1. The van der Waals surface area contributed by atoms with Crippen molar-refractivity contribution in [3.05, 3.63) is 35.7 Å². The lowest BCUT2D eigenvalue weighted by Gasteiger charge is -2.22. The molecule has 25 heavy (non-hydrogen) atoms. The maximum absolute atomic E-state index is 11.9. The highest BCUT2D eigenvalue weighted by Crippen LogP contribution is 2.17. The van der Waals surface area contributed by atoms with Crippen molar-refractivity contribution < 1.29 is 19.4 Å². The monoisotopic (exact) mass is 349 g/mol. The molecule has 0 saturated heterocycles. The van der Waals surface area contributed by atoms with Crippen molar-refractivity contribution in [2.75, 3.05) is 0 Å². The summed E-state index contributed by atoms with van der Waals surface area (Å²) in [5, 5.41) is 19.4. The van der Waals surface area contributed by atoms with Crippen molar-refractivity contribution in [3.8, 4) is 0 Å². The average Bonchev–Trinajstić information content (AvgIpc) is 3.05. The average molecular weight is 349 g/mol. The van der Waals surface area contributed by atoms with Gasteiger partial charge in [-0.2, -0.15) is 0 Å². The Kier molecular flexibility index (Phi) is 5.15. The summed E-state index contributed by atoms with van der Waals surface area (Å²) >= 11 is 0. The second kappa shape index (κ2) is 6.96. The van der Waals surface area contributed by atoms with Gasteiger partial charge in [0.15, 0.2) is 0 Å². The number of carboxylic acids is 1. The SMILES string of the molecule is Cc1cc(CC(NC(=O)OC(C)(C)C)C(=O)O)c(C)n1-n1cnnc1. The molecule has 0 radical (unpaired) electrons. The van der Waals surface area contributed by atoms with E-state index in [1.807, 2.05) is 24.6 Å². The van der Waals surface area contributed by atoms with Crippen LogP contribution in [0.15, 0.2) is 18.7 Å². The first-order chi connectivity index (χ1) is 11.6. The molecule has 0 saturated carbocycles. The minimum atomic E-state index is -1.13. The van der Waals surface area contributed by atoms with Gasteiger partial charge in [-0.3, -0.25) is 4.68 Å². The molecule has 2 heterocycles. The molecule has 2 rings (SSSR count). The van der Waals surface area contributed by atoms with Crippen LogP contribution < -0.4 is 5.32 Å². The predicted octanol–water partition coefficient (Wildman–Crippen LogP) is 1.53. The topological polar surface area (TPSA) is 111 Å². The lowest BCUT2D eigenvalue weighted by molar-refractivity contribution is -0.139. The number of rotatable bonds is 5. The lowest BCUT2D eigenvalue weighted by Crippen LogP contribution is -2.44. The summed E-state index contributed by atoms with van der Waals surface area (Å²) < 4.78 is 8.70. The van der Waals surface area contributed by atoms with Crippen molar-refractivity contribution in [3.63, 3.8) is 0 Å². The van der Waals surface area contributed by atoms with E-state index in [2.05, 4.69) is 15.5 Å². The molecule has 0 fully saturated rings. The number of alkyl carbamates (subject to hydrolysis) is 1. The first kappa shape index (κ1) is 18.5. The zero-order valence-corrected chi connectivity index (χ0v) is 15.0. The van der Waals surface area contributed by atoms with Crippen LogP contribution in [0.5, 0.6) is 0 Å². The van der Waals surface area contributed by atoms with Crippen molar-refractivity contribution >= 4 is 12.1 Å². The third-order valence-corrected chi connectivity index (χ3v) is 3.55. The van der Waals surface area contributed by atoms with E-state index in [0.717, 1.165) is 17.0 Å². The van der Waals surface area contributed by atoms with Crippen molar-refractivity contribution in [1.82, 2.24) is 24.9 Å². The van der Waals surface area contributed by atoms with Gasteiger partial charge in [0.25, 0.3) is 0 Å². The molecule has 1 amide bonds. The number of carbonyl (C=O) groups is 2. The summed E-state index contributed by atoms with van der Waals surface area (Å²) in [6.07, 6.45) is 2.48. The Morgan fingerprint density at radius 1 is 1.28 bits per heavy atom. The van der Waals surface area contributed by atoms with E-state index < -0.39 is 23.7 Å². The highest BCUT2D eigenvalue weighted by atomic mass is 16.6. The van der Waals surface area contributed by atoms with Gasteiger partial charge in [0, 0.05) is 17.8 Å². The van der Waals surface area contributed by atoms with Crippen molar-refractivity contribution in [1.29, 1.82) is 0 Å². The largest absolute Gasteiger partial charge is 0.480 e. The first-order valence-electron chi connectivity index (χ1n) is 7.84. The molecule has 0 bridgehead atoms. The van der Waals surface area contributed by atoms with Crippen LogP contribution in [0.4, 0.5) is 4.79 Å². The van der Waals surface area contributed by atoms with E-state index in [4.69, 9.17) is 4.74 Å². The van der Waals surface area contributed by atoms with Crippen LogP contribution in [-0.4, -0.2) is 48.4 Å². The van der Waals surface area contributed by atoms with Crippen LogP contribution in [0.3, 0.4) is 0 Å². The smallest absolute Gasteiger partial charge is 0.408 e. The molecule has 2 N–H and O–H groups in total. The number of aryl methyl sites for hydroxylation is 1. The second-order valence-corrected chi connectivity index (χ2v) is 6.79. The Morgan fingerprint density at radius 2 is 1.88 bits per heavy atom. The van der Waals surface area contributed by atoms with Gasteiger partial charge in [0.05, 0.1) is 0 Å². The number of ether oxygens (including phenoxy) is 1. The normalized spacial score (nSPS) is 12.7. The third kappa shape index (κ3) is 4.59. The maximum Gasteiger partial charge on any atom is 0.408 e. The Bertz CT molecular complexity index is 758. The molecule has 0 aliphatic rings. The van der Waals surface area contributed by atoms with E-state index in [-0.39, 0.29) is 6.42 Å². The Labute approximate surface area is 145 Å². The summed E-state index contributed by atoms with van der Waals surface area (Å²) in [7, 11) is 0. The van der Waals surface area contributed by atoms with Crippen LogP contribution in [0.25, 0.3) is 0 Å². The number of aromatic nitrogens is 4. The minimum Gasteiger partial charge on any atom is -0.480 e. The maximum atomic E-state index is 11.9. The Hall–Kier alpha value is -2.84. The van der Waals surface area contributed by atoms with E-state index in [1.165, 1.54) is 0 Å². The molecule has 9 nitrogen and oxygen atoms in total. The Morgan fingerprint density at radius 3 is 2.40 bits per heavy atom. The van der Waals surface area contributed by atoms with Gasteiger partial charge in [0.2, 0.25) is 0 Å². The summed E-state index contributed by atoms with van der Waals surface area (Å²) in [6.45, 7) is 8.92. The van der Waals surface area contributed by atoms with E-state index in [0.29, 0.717) is 0 Å². The van der Waals surface area contributed by atoms with Gasteiger partial charge in [0.1, 0.15) is 24.3 Å². The molecule has 136 valence electrons. The Balaban J connectivity index is 2.19. The number of amides is 1. The summed E-state index contributed by atoms with van der Waals surface area (Å²) in [4.78, 5) is 23.4. The van der Waals surface area contributed by atoms with E-state index in [1.54, 1.807) is 38.1 Å². The van der Waals surface area contributed by atoms with Gasteiger partial charge in [-0.1, -0.05) is 0 Å². The first-order valence-corrected chi connectivity index (χ1v) is 7.84. The number of hydrogen-bond donors (Lipinski definition) is 2. The third-order valence-electron chi connectivity index (χ3n) is 3.55. The van der Waals surface area contributed by atoms with Crippen molar-refractivity contribution in [2.45, 2.75) is 52.7 Å². The van der Waals surface area contributed by atoms with Crippen LogP contribution in [0.2, 0.25) is 0 Å². The standard InChI is InChI=1S/C16H23N5O4/c1-10-6-12(11(2)21(10)20-8-17-18-9-20)7-13(14(22)23)19-15(24)25-16(3,4)5/h6,8-9,13H,7H2,1-5H3,(H,19,24)(H,22,23). The molecule has 0 aliphatic heterocycles. The number of hydrogen-bond acceptors (Lipinski definition) is 5. The summed E-state index contributed by atoms with van der Waals surface area (Å²) in [6, 6.07) is 0.784. The van der Waals surface area contributed by atoms with Crippen LogP contribution >= 0.6 is 0 Å². The fourth-order valence-corrected chi connectivity index (χ4v) is 2.55. The molecule has 2 aromatic heterocycles. The van der Waals surface area contributed by atoms with Crippen LogP contribution in [0.1, 0.15) is 37.7 Å². The minimum absolute atomic E-state index is 0.135. The van der Waals surface area contributed by atoms with Crippen LogP contribution in [0, 0.1) is 13.8 Å². The molecule has 0 aliphatic carbocycles. The quantitative estimate of drug-likeness (QED) is 0.847. The van der Waals surface area contributed by atoms with E-state index in [9.17, 15) is 14.7 Å². The number of carboxylic acid groups (broad SMARTS) is 1. The zero-order chi connectivity index (χ0) is 18.8. The van der Waals surface area contributed by atoms with Gasteiger partial charge in [-0.15, -0.1) is 10.2 Å². The highest BCUT2D eigenvalue weighted by molar-refractivity contribution is 5.80. The van der Waals surface area contributed by atoms with Gasteiger partial charge >= 0.3 is 12.1 Å². The highest BCUT2D eigenvalue weighted by Gasteiger charge is 2.26. The van der Waals surface area contributed by atoms with Crippen molar-refractivity contribution in [2.24, 2.45) is 0 Å². The molecular formula is C16H23N5O4. The van der Waals surface area contributed by atoms with Crippen LogP contribution in [-0.2, 0) is 16.0 Å². The fourth-order valence-electron chi connectivity index (χ4n) is 2.55.